The Labute approximate surface area is 198 Å². The van der Waals surface area contributed by atoms with Gasteiger partial charge in [-0.15, -0.1) is 10.2 Å². The van der Waals surface area contributed by atoms with E-state index in [4.69, 9.17) is 21.1 Å². The van der Waals surface area contributed by atoms with E-state index < -0.39 is 5.97 Å². The lowest BCUT2D eigenvalue weighted by Gasteiger charge is -2.14. The fraction of sp³-hybridized carbons (Fsp3) is 0.350. The lowest BCUT2D eigenvalue weighted by atomic mass is 10.3. The first-order valence-corrected chi connectivity index (χ1v) is 11.8. The maximum atomic E-state index is 12.4. The van der Waals surface area contributed by atoms with Gasteiger partial charge in [0, 0.05) is 12.1 Å². The molecular weight excluding hydrogens is 474 g/mol. The summed E-state index contributed by atoms with van der Waals surface area (Å²) in [5, 5.41) is 12.5. The fourth-order valence-corrected chi connectivity index (χ4v) is 4.50. The molecule has 2 aromatic heterocycles. The molecule has 0 spiro atoms. The Kier molecular flexibility index (Phi) is 8.10. The molecule has 0 fully saturated rings. The van der Waals surface area contributed by atoms with Gasteiger partial charge in [-0.1, -0.05) is 40.8 Å². The smallest absolute Gasteiger partial charge is 0.350 e. The molecule has 3 rings (SSSR count). The Morgan fingerprint density at radius 1 is 1.34 bits per heavy atom. The van der Waals surface area contributed by atoms with Gasteiger partial charge in [-0.3, -0.25) is 4.79 Å². The van der Waals surface area contributed by atoms with E-state index in [1.54, 1.807) is 36.6 Å². The number of benzene rings is 1. The van der Waals surface area contributed by atoms with Gasteiger partial charge in [-0.2, -0.15) is 0 Å². The third kappa shape index (κ3) is 5.99. The average Bonchev–Trinajstić information content (AvgIpc) is 3.28. The molecule has 0 radical (unpaired) electrons. The molecule has 1 N–H and O–H groups in total. The molecule has 1 amide bonds. The number of carbonyl (C=O) groups excluding carboxylic acids is 2. The Morgan fingerprint density at radius 2 is 2.12 bits per heavy atom. The molecule has 12 heteroatoms. The Balaban J connectivity index is 1.57. The molecule has 0 saturated heterocycles. The van der Waals surface area contributed by atoms with Gasteiger partial charge < -0.3 is 19.4 Å². The minimum atomic E-state index is -0.446. The standard InChI is InChI=1S/C20H22ClN5O4S2/c1-5-29-18(28)16-11(2)22-19(32-16)23-15(27)10-31-20-25-24-17(26(20)4)12(3)30-14-8-6-7-13(21)9-14/h6-9,12H,5,10H2,1-4H3,(H,22,23,27). The Bertz CT molecular complexity index is 1120. The van der Waals surface area contributed by atoms with Crippen molar-refractivity contribution in [1.29, 1.82) is 0 Å². The van der Waals surface area contributed by atoms with Crippen LogP contribution in [0.3, 0.4) is 0 Å². The van der Waals surface area contributed by atoms with Crippen LogP contribution in [0.25, 0.3) is 0 Å². The third-order valence-electron chi connectivity index (χ3n) is 4.18. The second-order valence-electron chi connectivity index (χ2n) is 6.61. The summed E-state index contributed by atoms with van der Waals surface area (Å²) in [6.45, 7) is 5.56. The van der Waals surface area contributed by atoms with E-state index in [1.165, 1.54) is 11.8 Å². The van der Waals surface area contributed by atoms with Crippen molar-refractivity contribution in [3.05, 3.63) is 45.7 Å². The molecule has 0 aliphatic rings. The number of thiazole rings is 1. The third-order valence-corrected chi connectivity index (χ3v) is 6.49. The molecule has 1 aromatic carbocycles. The van der Waals surface area contributed by atoms with Crippen molar-refractivity contribution < 1.29 is 19.1 Å². The number of nitrogens with zero attached hydrogens (tertiary/aromatic N) is 4. The second-order valence-corrected chi connectivity index (χ2v) is 8.99. The molecule has 2 heterocycles. The fourth-order valence-electron chi connectivity index (χ4n) is 2.72. The van der Waals surface area contributed by atoms with Gasteiger partial charge >= 0.3 is 5.97 Å². The van der Waals surface area contributed by atoms with Crippen LogP contribution in [0.5, 0.6) is 5.75 Å². The van der Waals surface area contributed by atoms with Crippen molar-refractivity contribution in [2.24, 2.45) is 7.05 Å². The maximum Gasteiger partial charge on any atom is 0.350 e. The number of anilines is 1. The number of aryl methyl sites for hydroxylation is 1. The summed E-state index contributed by atoms with van der Waals surface area (Å²) in [6, 6.07) is 7.11. The van der Waals surface area contributed by atoms with Gasteiger partial charge in [0.25, 0.3) is 0 Å². The zero-order chi connectivity index (χ0) is 23.3. The van der Waals surface area contributed by atoms with Crippen LogP contribution in [0.1, 0.15) is 41.1 Å². The largest absolute Gasteiger partial charge is 0.483 e. The quantitative estimate of drug-likeness (QED) is 0.346. The van der Waals surface area contributed by atoms with Crippen LogP contribution in [-0.4, -0.2) is 44.0 Å². The summed E-state index contributed by atoms with van der Waals surface area (Å²) in [6.07, 6.45) is -0.367. The highest BCUT2D eigenvalue weighted by Crippen LogP contribution is 2.26. The predicted molar refractivity (Wildman–Crippen MR) is 124 cm³/mol. The van der Waals surface area contributed by atoms with E-state index in [0.717, 1.165) is 11.3 Å². The highest BCUT2D eigenvalue weighted by molar-refractivity contribution is 7.99. The minimum absolute atomic E-state index is 0.100. The highest BCUT2D eigenvalue weighted by Gasteiger charge is 2.20. The van der Waals surface area contributed by atoms with Crippen molar-refractivity contribution in [3.63, 3.8) is 0 Å². The summed E-state index contributed by atoms with van der Waals surface area (Å²) in [5.74, 6) is 0.623. The zero-order valence-corrected chi connectivity index (χ0v) is 20.3. The van der Waals surface area contributed by atoms with E-state index in [0.29, 0.717) is 37.5 Å². The van der Waals surface area contributed by atoms with Crippen LogP contribution in [0.2, 0.25) is 5.02 Å². The summed E-state index contributed by atoms with van der Waals surface area (Å²) in [7, 11) is 1.81. The van der Waals surface area contributed by atoms with Crippen molar-refractivity contribution in [2.75, 3.05) is 17.7 Å². The molecule has 9 nitrogen and oxygen atoms in total. The Hall–Kier alpha value is -2.63. The van der Waals surface area contributed by atoms with Gasteiger partial charge in [0.2, 0.25) is 5.91 Å². The molecule has 0 aliphatic heterocycles. The summed E-state index contributed by atoms with van der Waals surface area (Å²) in [5.41, 5.74) is 0.517. The van der Waals surface area contributed by atoms with Gasteiger partial charge in [0.1, 0.15) is 10.6 Å². The van der Waals surface area contributed by atoms with E-state index in [1.807, 2.05) is 20.0 Å². The predicted octanol–water partition coefficient (Wildman–Crippen LogP) is 4.28. The molecule has 0 aliphatic carbocycles. The first-order chi connectivity index (χ1) is 15.3. The average molecular weight is 496 g/mol. The van der Waals surface area contributed by atoms with E-state index in [2.05, 4.69) is 20.5 Å². The second kappa shape index (κ2) is 10.8. The molecule has 170 valence electrons. The normalized spacial score (nSPS) is 11.8. The maximum absolute atomic E-state index is 12.4. The van der Waals surface area contributed by atoms with Gasteiger partial charge in [-0.05, 0) is 39.0 Å². The van der Waals surface area contributed by atoms with Gasteiger partial charge in [0.05, 0.1) is 18.1 Å². The topological polar surface area (TPSA) is 108 Å². The first-order valence-electron chi connectivity index (χ1n) is 9.67. The highest BCUT2D eigenvalue weighted by atomic mass is 35.5. The van der Waals surface area contributed by atoms with Crippen molar-refractivity contribution in [1.82, 2.24) is 19.7 Å². The van der Waals surface area contributed by atoms with Crippen LogP contribution in [-0.2, 0) is 16.6 Å². The number of carbonyl (C=O) groups is 2. The number of rotatable bonds is 9. The first kappa shape index (κ1) is 24.0. The molecule has 0 bridgehead atoms. The van der Waals surface area contributed by atoms with Crippen LogP contribution in [0.15, 0.2) is 29.4 Å². The number of ether oxygens (including phenoxy) is 2. The van der Waals surface area contributed by atoms with Crippen molar-refractivity contribution in [2.45, 2.75) is 32.0 Å². The number of hydrogen-bond donors (Lipinski definition) is 1. The van der Waals surface area contributed by atoms with Gasteiger partial charge in [-0.25, -0.2) is 9.78 Å². The lowest BCUT2D eigenvalue weighted by molar-refractivity contribution is -0.113. The monoisotopic (exact) mass is 495 g/mol. The number of halogens is 1. The van der Waals surface area contributed by atoms with E-state index in [-0.39, 0.29) is 24.4 Å². The molecule has 3 aromatic rings. The zero-order valence-electron chi connectivity index (χ0n) is 17.9. The van der Waals surface area contributed by atoms with Gasteiger partial charge in [0.15, 0.2) is 22.2 Å². The molecule has 1 atom stereocenters. The molecular formula is C20H22ClN5O4S2. The molecule has 32 heavy (non-hydrogen) atoms. The molecule has 1 unspecified atom stereocenters. The van der Waals surface area contributed by atoms with E-state index >= 15 is 0 Å². The van der Waals surface area contributed by atoms with Crippen LogP contribution in [0.4, 0.5) is 5.13 Å². The van der Waals surface area contributed by atoms with Crippen LogP contribution < -0.4 is 10.1 Å². The summed E-state index contributed by atoms with van der Waals surface area (Å²) >= 11 is 8.31. The number of amides is 1. The van der Waals surface area contributed by atoms with Crippen LogP contribution in [0, 0.1) is 6.92 Å². The molecule has 0 saturated carbocycles. The van der Waals surface area contributed by atoms with Crippen molar-refractivity contribution >= 4 is 51.7 Å². The SMILES string of the molecule is CCOC(=O)c1sc(NC(=O)CSc2nnc(C(C)Oc3cccc(Cl)c3)n2C)nc1C. The summed E-state index contributed by atoms with van der Waals surface area (Å²) in [4.78, 5) is 28.8. The Morgan fingerprint density at radius 3 is 2.84 bits per heavy atom. The number of nitrogens with one attached hydrogen (secondary N) is 1. The van der Waals surface area contributed by atoms with E-state index in [9.17, 15) is 9.59 Å². The number of aromatic nitrogens is 4. The number of hydrogen-bond acceptors (Lipinski definition) is 9. The number of thioether (sulfide) groups is 1. The minimum Gasteiger partial charge on any atom is -0.483 e. The lowest BCUT2D eigenvalue weighted by Crippen LogP contribution is -2.14. The number of esters is 1. The van der Waals surface area contributed by atoms with Crippen LogP contribution >= 0.6 is 34.7 Å². The van der Waals surface area contributed by atoms with Crippen molar-refractivity contribution in [3.8, 4) is 5.75 Å². The summed E-state index contributed by atoms with van der Waals surface area (Å²) < 4.78 is 12.7.